The van der Waals surface area contributed by atoms with Crippen molar-refractivity contribution in [2.24, 2.45) is 5.10 Å². The van der Waals surface area contributed by atoms with Gasteiger partial charge in [-0.3, -0.25) is 0 Å². The van der Waals surface area contributed by atoms with Crippen LogP contribution in [0.5, 0.6) is 0 Å². The molecule has 0 spiro atoms. The minimum Gasteiger partial charge on any atom is -0.618 e. The van der Waals surface area contributed by atoms with E-state index < -0.39 is 11.7 Å². The Balaban J connectivity index is 2.20. The fourth-order valence-corrected chi connectivity index (χ4v) is 1.74. The molecule has 0 saturated carbocycles. The lowest BCUT2D eigenvalue weighted by atomic mass is 10.2. The highest BCUT2D eigenvalue weighted by atomic mass is 16.6. The number of amides is 1. The van der Waals surface area contributed by atoms with Gasteiger partial charge >= 0.3 is 11.8 Å². The van der Waals surface area contributed by atoms with Crippen molar-refractivity contribution in [1.29, 1.82) is 0 Å². The summed E-state index contributed by atoms with van der Waals surface area (Å²) in [6, 6.07) is 6.37. The van der Waals surface area contributed by atoms with E-state index in [2.05, 4.69) is 10.5 Å². The van der Waals surface area contributed by atoms with Crippen LogP contribution < -0.4 is 14.9 Å². The first-order chi connectivity index (χ1) is 10.3. The molecule has 1 heterocycles. The van der Waals surface area contributed by atoms with Gasteiger partial charge in [0.15, 0.2) is 0 Å². The van der Waals surface area contributed by atoms with Crippen LogP contribution >= 0.6 is 0 Å². The Kier molecular flexibility index (Phi) is 4.11. The fraction of sp³-hybridized carbons (Fsp3) is 0.286. The van der Waals surface area contributed by atoms with Crippen molar-refractivity contribution in [2.75, 3.05) is 0 Å². The zero-order chi connectivity index (χ0) is 16.3. The van der Waals surface area contributed by atoms with Crippen LogP contribution in [0.1, 0.15) is 26.5 Å². The van der Waals surface area contributed by atoms with E-state index in [1.54, 1.807) is 32.9 Å². The van der Waals surface area contributed by atoms with E-state index in [4.69, 9.17) is 4.74 Å². The smallest absolute Gasteiger partial charge is 0.428 e. The summed E-state index contributed by atoms with van der Waals surface area (Å²) in [5, 5.41) is 27.6. The van der Waals surface area contributed by atoms with Crippen LogP contribution in [0, 0.1) is 10.4 Å². The number of nitrogens with one attached hydrogen (secondary N) is 1. The predicted octanol–water partition coefficient (Wildman–Crippen LogP) is 0.965. The zero-order valence-electron chi connectivity index (χ0n) is 12.4. The molecule has 0 aliphatic heterocycles. The maximum absolute atomic E-state index is 12.1. The third kappa shape index (κ3) is 3.60. The molecule has 1 aromatic carbocycles. The van der Waals surface area contributed by atoms with E-state index in [9.17, 15) is 15.2 Å². The van der Waals surface area contributed by atoms with Gasteiger partial charge in [-0.2, -0.15) is 14.6 Å². The largest absolute Gasteiger partial charge is 0.618 e. The number of hydrogen-bond acceptors (Lipinski definition) is 5. The summed E-state index contributed by atoms with van der Waals surface area (Å²) in [6.07, 6.45) is 1.41. The molecule has 0 fully saturated rings. The van der Waals surface area contributed by atoms with E-state index in [1.807, 2.05) is 0 Å². The fourth-order valence-electron chi connectivity index (χ4n) is 1.74. The Hall–Kier alpha value is -2.90. The second-order valence-corrected chi connectivity index (χ2v) is 5.53. The molecule has 116 valence electrons. The van der Waals surface area contributed by atoms with Gasteiger partial charge in [0.2, 0.25) is 0 Å². The molecule has 22 heavy (non-hydrogen) atoms. The lowest BCUT2D eigenvalue weighted by Crippen LogP contribution is -2.41. The van der Waals surface area contributed by atoms with Crippen molar-refractivity contribution in [3.63, 3.8) is 0 Å². The molecule has 0 radical (unpaired) electrons. The first kappa shape index (κ1) is 15.5. The average molecular weight is 304 g/mol. The standard InChI is InChI=1S/C14H16N4O4/c1-14(2,3)22-13(19)16-15-8-10-9-17(20)11-6-4-5-7-12(11)18(10)21/h4-9H,1-3H3,(H,16,19)/b15-8+. The second kappa shape index (κ2) is 5.84. The van der Waals surface area contributed by atoms with Gasteiger partial charge in [-0.25, -0.2) is 10.2 Å². The van der Waals surface area contributed by atoms with Crippen molar-refractivity contribution >= 4 is 23.3 Å². The van der Waals surface area contributed by atoms with Crippen molar-refractivity contribution in [3.05, 3.63) is 46.6 Å². The lowest BCUT2D eigenvalue weighted by Gasteiger charge is -2.18. The van der Waals surface area contributed by atoms with Crippen molar-refractivity contribution in [3.8, 4) is 0 Å². The van der Waals surface area contributed by atoms with Crippen LogP contribution in [0.25, 0.3) is 11.0 Å². The van der Waals surface area contributed by atoms with Gasteiger partial charge < -0.3 is 15.2 Å². The Morgan fingerprint density at radius 1 is 1.27 bits per heavy atom. The number of ether oxygens (including phenoxy) is 1. The summed E-state index contributed by atoms with van der Waals surface area (Å²) in [6.45, 7) is 5.14. The third-order valence-electron chi connectivity index (χ3n) is 2.57. The van der Waals surface area contributed by atoms with Crippen molar-refractivity contribution < 1.29 is 19.0 Å². The molecule has 0 aliphatic carbocycles. The highest BCUT2D eigenvalue weighted by molar-refractivity contribution is 5.78. The molecule has 0 aliphatic rings. The monoisotopic (exact) mass is 304 g/mol. The van der Waals surface area contributed by atoms with Gasteiger partial charge in [0.1, 0.15) is 11.8 Å². The molecular formula is C14H16N4O4. The topological polar surface area (TPSA) is 105 Å². The van der Waals surface area contributed by atoms with E-state index in [1.165, 1.54) is 12.1 Å². The maximum atomic E-state index is 12.1. The number of carbonyl (C=O) groups excluding carboxylic acids is 1. The number of fused-ring (bicyclic) bond motifs is 1. The molecule has 0 atom stereocenters. The molecule has 0 bridgehead atoms. The predicted molar refractivity (Wildman–Crippen MR) is 78.8 cm³/mol. The molecule has 1 amide bonds. The summed E-state index contributed by atoms with van der Waals surface area (Å²) in [5.41, 5.74) is 1.92. The van der Waals surface area contributed by atoms with Crippen molar-refractivity contribution in [1.82, 2.24) is 5.43 Å². The second-order valence-electron chi connectivity index (χ2n) is 5.53. The number of para-hydroxylation sites is 2. The summed E-state index contributed by atoms with van der Waals surface area (Å²) in [4.78, 5) is 11.4. The van der Waals surface area contributed by atoms with Gasteiger partial charge in [-0.15, -0.1) is 0 Å². The summed E-state index contributed by atoms with van der Waals surface area (Å²) < 4.78 is 6.11. The van der Waals surface area contributed by atoms with Crippen LogP contribution in [0.15, 0.2) is 35.6 Å². The minimum atomic E-state index is -0.753. The number of nitrogens with zero attached hydrogens (tertiary/aromatic N) is 3. The molecule has 2 aromatic rings. The van der Waals surface area contributed by atoms with Crippen molar-refractivity contribution in [2.45, 2.75) is 26.4 Å². The first-order valence-electron chi connectivity index (χ1n) is 6.54. The van der Waals surface area contributed by atoms with Gasteiger partial charge in [0.05, 0.1) is 0 Å². The number of aromatic nitrogens is 2. The Morgan fingerprint density at radius 2 is 1.91 bits per heavy atom. The number of hydrogen-bond donors (Lipinski definition) is 1. The molecule has 2 rings (SSSR count). The van der Waals surface area contributed by atoms with E-state index in [0.717, 1.165) is 12.4 Å². The first-order valence-corrected chi connectivity index (χ1v) is 6.54. The Morgan fingerprint density at radius 3 is 2.55 bits per heavy atom. The van der Waals surface area contributed by atoms with E-state index in [-0.39, 0.29) is 16.7 Å². The number of carbonyl (C=O) groups is 1. The van der Waals surface area contributed by atoms with Crippen LogP contribution in [-0.2, 0) is 4.74 Å². The lowest BCUT2D eigenvalue weighted by molar-refractivity contribution is -0.629. The van der Waals surface area contributed by atoms with Crippen LogP contribution in [0.2, 0.25) is 0 Å². The average Bonchev–Trinajstić information content (AvgIpc) is 2.42. The SMILES string of the molecule is CC(C)(C)OC(=O)N/N=C/c1c[n+]([O-])c2ccccc2[n+]1[O-]. The molecular weight excluding hydrogens is 288 g/mol. The van der Waals surface area contributed by atoms with Gasteiger partial charge in [-0.05, 0) is 20.8 Å². The molecule has 0 saturated heterocycles. The highest BCUT2D eigenvalue weighted by Crippen LogP contribution is 2.06. The van der Waals surface area contributed by atoms with E-state index in [0.29, 0.717) is 9.46 Å². The zero-order valence-corrected chi connectivity index (χ0v) is 12.4. The maximum Gasteiger partial charge on any atom is 0.428 e. The Labute approximate surface area is 126 Å². The van der Waals surface area contributed by atoms with E-state index >= 15 is 0 Å². The third-order valence-corrected chi connectivity index (χ3v) is 2.57. The highest BCUT2D eigenvalue weighted by Gasteiger charge is 2.18. The molecule has 1 N–H and O–H groups in total. The van der Waals surface area contributed by atoms with Gasteiger partial charge in [0, 0.05) is 12.1 Å². The van der Waals surface area contributed by atoms with Crippen LogP contribution in [0.4, 0.5) is 4.79 Å². The van der Waals surface area contributed by atoms with Crippen LogP contribution in [0.3, 0.4) is 0 Å². The number of benzene rings is 1. The van der Waals surface area contributed by atoms with Gasteiger partial charge in [-0.1, -0.05) is 12.1 Å². The minimum absolute atomic E-state index is 0.00948. The molecule has 0 unspecified atom stereocenters. The quantitative estimate of drug-likeness (QED) is 0.386. The summed E-state index contributed by atoms with van der Waals surface area (Å²) in [7, 11) is 0. The number of hydrazone groups is 1. The Bertz CT molecular complexity index is 737. The summed E-state index contributed by atoms with van der Waals surface area (Å²) >= 11 is 0. The normalized spacial score (nSPS) is 11.8. The number of rotatable bonds is 2. The molecule has 1 aromatic heterocycles. The summed E-state index contributed by atoms with van der Waals surface area (Å²) in [5.74, 6) is 0. The van der Waals surface area contributed by atoms with Gasteiger partial charge in [0.25, 0.3) is 17.2 Å². The van der Waals surface area contributed by atoms with Crippen LogP contribution in [-0.4, -0.2) is 17.9 Å². The molecule has 8 nitrogen and oxygen atoms in total. The molecule has 8 heteroatoms.